The predicted molar refractivity (Wildman–Crippen MR) is 173 cm³/mol. The number of thioether (sulfide) groups is 1. The monoisotopic (exact) mass is 533 g/mol. The minimum atomic E-state index is 1.13. The summed E-state index contributed by atoms with van der Waals surface area (Å²) in [7, 11) is 0. The van der Waals surface area contributed by atoms with Crippen molar-refractivity contribution >= 4 is 33.6 Å². The minimum absolute atomic E-state index is 1.13. The van der Waals surface area contributed by atoms with Crippen LogP contribution in [0.2, 0.25) is 0 Å². The van der Waals surface area contributed by atoms with Crippen LogP contribution in [0.1, 0.15) is 25.3 Å². The van der Waals surface area contributed by atoms with E-state index in [0.29, 0.717) is 0 Å². The second-order valence-corrected chi connectivity index (χ2v) is 11.8. The lowest BCUT2D eigenvalue weighted by atomic mass is 10.0. The highest BCUT2D eigenvalue weighted by molar-refractivity contribution is 8.03. The minimum Gasteiger partial charge on any atom is -0.309 e. The van der Waals surface area contributed by atoms with Crippen LogP contribution in [-0.4, -0.2) is 4.57 Å². The Hall–Kier alpha value is -4.27. The predicted octanol–water partition coefficient (Wildman–Crippen LogP) is 11.1. The Morgan fingerprint density at radius 1 is 0.600 bits per heavy atom. The summed E-state index contributed by atoms with van der Waals surface area (Å²) in [5.41, 5.74) is 11.3. The van der Waals surface area contributed by atoms with Crippen molar-refractivity contribution in [3.8, 4) is 27.9 Å². The maximum atomic E-state index is 2.41. The fourth-order valence-corrected chi connectivity index (χ4v) is 6.93. The van der Waals surface area contributed by atoms with Crippen molar-refractivity contribution in [2.45, 2.75) is 31.6 Å². The number of fused-ring (bicyclic) bond motifs is 3. The largest absolute Gasteiger partial charge is 0.309 e. The Morgan fingerprint density at radius 2 is 1.32 bits per heavy atom. The van der Waals surface area contributed by atoms with E-state index >= 15 is 0 Å². The standard InChI is InChI=1S/C38H31NS/c1-26-11-6-9-18-37(26)40-38-25-31(20-19-27(38)2)30-21-22-36-34(24-30)33-16-7-8-17-35(33)39(36)32-15-10-14-29(23-32)28-12-4-3-5-13-28/h3-8,10-17,19-25H,9,18H2,1-2H3. The molecule has 1 aliphatic rings. The molecule has 1 aromatic heterocycles. The highest BCUT2D eigenvalue weighted by atomic mass is 32.2. The average Bonchev–Trinajstić information content (AvgIpc) is 3.34. The van der Waals surface area contributed by atoms with E-state index in [9.17, 15) is 0 Å². The van der Waals surface area contributed by atoms with Gasteiger partial charge in [0.25, 0.3) is 0 Å². The first-order valence-corrected chi connectivity index (χ1v) is 14.8. The van der Waals surface area contributed by atoms with E-state index in [2.05, 4.69) is 146 Å². The van der Waals surface area contributed by atoms with Gasteiger partial charge in [-0.1, -0.05) is 103 Å². The quantitative estimate of drug-likeness (QED) is 0.213. The summed E-state index contributed by atoms with van der Waals surface area (Å²) >= 11 is 1.94. The molecule has 5 aromatic carbocycles. The third-order valence-electron chi connectivity index (χ3n) is 7.98. The normalized spacial score (nSPS) is 13.4. The first-order chi connectivity index (χ1) is 19.7. The topological polar surface area (TPSA) is 4.93 Å². The van der Waals surface area contributed by atoms with Gasteiger partial charge in [-0.25, -0.2) is 0 Å². The molecule has 0 unspecified atom stereocenters. The zero-order chi connectivity index (χ0) is 27.1. The number of hydrogen-bond donors (Lipinski definition) is 0. The van der Waals surface area contributed by atoms with E-state index < -0.39 is 0 Å². The molecule has 0 saturated carbocycles. The molecule has 2 heteroatoms. The van der Waals surface area contributed by atoms with Crippen LogP contribution >= 0.6 is 11.8 Å². The second kappa shape index (κ2) is 10.4. The second-order valence-electron chi connectivity index (χ2n) is 10.6. The lowest BCUT2D eigenvalue weighted by Gasteiger charge is -2.15. The third-order valence-corrected chi connectivity index (χ3v) is 9.42. The van der Waals surface area contributed by atoms with Crippen molar-refractivity contribution in [3.63, 3.8) is 0 Å². The van der Waals surface area contributed by atoms with Gasteiger partial charge in [-0.3, -0.25) is 0 Å². The number of hydrogen-bond acceptors (Lipinski definition) is 1. The molecule has 6 aromatic rings. The van der Waals surface area contributed by atoms with Gasteiger partial charge in [0.05, 0.1) is 11.0 Å². The molecule has 0 spiro atoms. The van der Waals surface area contributed by atoms with Gasteiger partial charge >= 0.3 is 0 Å². The number of nitrogens with zero attached hydrogens (tertiary/aromatic N) is 1. The van der Waals surface area contributed by atoms with Crippen molar-refractivity contribution in [2.24, 2.45) is 0 Å². The maximum Gasteiger partial charge on any atom is 0.0541 e. The molecule has 0 aliphatic heterocycles. The van der Waals surface area contributed by atoms with Gasteiger partial charge in [-0.2, -0.15) is 0 Å². The highest BCUT2D eigenvalue weighted by Gasteiger charge is 2.15. The number of allylic oxidation sites excluding steroid dienone is 4. The van der Waals surface area contributed by atoms with E-state index in [0.717, 1.165) is 12.8 Å². The van der Waals surface area contributed by atoms with E-state index in [-0.39, 0.29) is 0 Å². The number of para-hydroxylation sites is 1. The summed E-state index contributed by atoms with van der Waals surface area (Å²) in [5.74, 6) is 0. The molecule has 194 valence electrons. The summed E-state index contributed by atoms with van der Waals surface area (Å²) in [6.45, 7) is 4.46. The van der Waals surface area contributed by atoms with E-state index in [1.807, 2.05) is 11.8 Å². The van der Waals surface area contributed by atoms with E-state index in [1.54, 1.807) is 0 Å². The molecule has 7 rings (SSSR count). The molecule has 1 nitrogen and oxygen atoms in total. The van der Waals surface area contributed by atoms with Gasteiger partial charge in [0.1, 0.15) is 0 Å². The Labute approximate surface area is 240 Å². The average molecular weight is 534 g/mol. The van der Waals surface area contributed by atoms with Gasteiger partial charge in [0, 0.05) is 21.4 Å². The number of benzene rings is 5. The highest BCUT2D eigenvalue weighted by Crippen LogP contribution is 2.40. The van der Waals surface area contributed by atoms with Crippen molar-refractivity contribution in [2.75, 3.05) is 0 Å². The van der Waals surface area contributed by atoms with Gasteiger partial charge in [0.15, 0.2) is 0 Å². The van der Waals surface area contributed by atoms with Crippen LogP contribution in [0.3, 0.4) is 0 Å². The molecular formula is C38H31NS. The van der Waals surface area contributed by atoms with E-state index in [1.165, 1.54) is 70.7 Å². The summed E-state index contributed by atoms with van der Waals surface area (Å²) in [6, 6.07) is 42.1. The molecular weight excluding hydrogens is 502 g/mol. The zero-order valence-electron chi connectivity index (χ0n) is 22.9. The molecule has 0 bridgehead atoms. The van der Waals surface area contributed by atoms with Crippen LogP contribution in [0.25, 0.3) is 49.7 Å². The van der Waals surface area contributed by atoms with Crippen molar-refractivity contribution in [3.05, 3.63) is 143 Å². The van der Waals surface area contributed by atoms with Crippen LogP contribution in [0, 0.1) is 6.92 Å². The maximum absolute atomic E-state index is 2.41. The van der Waals surface area contributed by atoms with Crippen LogP contribution in [-0.2, 0) is 0 Å². The molecule has 0 radical (unpaired) electrons. The Balaban J connectivity index is 1.34. The molecule has 0 fully saturated rings. The fourth-order valence-electron chi connectivity index (χ4n) is 5.80. The van der Waals surface area contributed by atoms with Crippen molar-refractivity contribution in [1.29, 1.82) is 0 Å². The first kappa shape index (κ1) is 24.7. The van der Waals surface area contributed by atoms with E-state index in [4.69, 9.17) is 0 Å². The summed E-state index contributed by atoms with van der Waals surface area (Å²) < 4.78 is 2.41. The summed E-state index contributed by atoms with van der Waals surface area (Å²) in [6.07, 6.45) is 6.82. The summed E-state index contributed by atoms with van der Waals surface area (Å²) in [5, 5.41) is 2.56. The molecule has 1 heterocycles. The fraction of sp³-hybridized carbons (Fsp3) is 0.105. The molecule has 40 heavy (non-hydrogen) atoms. The number of rotatable bonds is 5. The molecule has 0 amide bonds. The summed E-state index contributed by atoms with van der Waals surface area (Å²) in [4.78, 5) is 2.83. The van der Waals surface area contributed by atoms with Gasteiger partial charge in [0.2, 0.25) is 0 Å². The van der Waals surface area contributed by atoms with Crippen LogP contribution in [0.15, 0.2) is 143 Å². The SMILES string of the molecule is CC1=C(Sc2cc(-c3ccc4c(c3)c3ccccc3n4-c3cccc(-c4ccccc4)c3)ccc2C)CCC=C1. The molecule has 1 aliphatic carbocycles. The van der Waals surface area contributed by atoms with Crippen LogP contribution in [0.4, 0.5) is 0 Å². The molecule has 0 saturated heterocycles. The number of aryl methyl sites for hydroxylation is 1. The van der Waals surface area contributed by atoms with Crippen LogP contribution < -0.4 is 0 Å². The number of aromatic nitrogens is 1. The Bertz CT molecular complexity index is 1940. The lowest BCUT2D eigenvalue weighted by Crippen LogP contribution is -1.94. The third kappa shape index (κ3) is 4.49. The smallest absolute Gasteiger partial charge is 0.0541 e. The van der Waals surface area contributed by atoms with Crippen LogP contribution in [0.5, 0.6) is 0 Å². The molecule has 0 atom stereocenters. The first-order valence-electron chi connectivity index (χ1n) is 14.0. The van der Waals surface area contributed by atoms with Gasteiger partial charge in [-0.05, 0) is 101 Å². The van der Waals surface area contributed by atoms with Crippen molar-refractivity contribution < 1.29 is 0 Å². The molecule has 0 N–H and O–H groups in total. The Morgan fingerprint density at radius 3 is 2.20 bits per heavy atom. The van der Waals surface area contributed by atoms with Gasteiger partial charge in [-0.15, -0.1) is 0 Å². The lowest BCUT2D eigenvalue weighted by molar-refractivity contribution is 0.998. The van der Waals surface area contributed by atoms with Crippen molar-refractivity contribution in [1.82, 2.24) is 4.57 Å². The Kier molecular flexibility index (Phi) is 6.42. The zero-order valence-corrected chi connectivity index (χ0v) is 23.7. The van der Waals surface area contributed by atoms with Gasteiger partial charge < -0.3 is 4.57 Å².